The Hall–Kier alpha value is -0.470. The topological polar surface area (TPSA) is 63.6 Å². The Morgan fingerprint density at radius 1 is 1.88 bits per heavy atom. The van der Waals surface area contributed by atoms with Gasteiger partial charge in [0.2, 0.25) is 6.10 Å². The van der Waals surface area contributed by atoms with Gasteiger partial charge in [0.15, 0.2) is 0 Å². The summed E-state index contributed by atoms with van der Waals surface area (Å²) in [6, 6.07) is 0. The average Bonchev–Trinajstić information content (AvgIpc) is 1.67. The monoisotopic (exact) mass is 137 g/mol. The molecule has 0 radical (unpaired) electrons. The summed E-state index contributed by atoms with van der Waals surface area (Å²) in [6.45, 7) is 1.31. The van der Waals surface area contributed by atoms with Gasteiger partial charge in [-0.05, 0) is 11.5 Å². The zero-order valence-corrected chi connectivity index (χ0v) is 5.25. The van der Waals surface area contributed by atoms with Crippen molar-refractivity contribution in [2.24, 2.45) is 0 Å². The maximum Gasteiger partial charge on any atom is 0.495 e. The maximum absolute atomic E-state index is 9.83. The molecule has 0 aliphatic heterocycles. The van der Waals surface area contributed by atoms with Crippen LogP contribution < -0.4 is 0 Å². The van der Waals surface area contributed by atoms with Gasteiger partial charge in [-0.2, -0.15) is 0 Å². The molecule has 0 rings (SSSR count). The zero-order valence-electron chi connectivity index (χ0n) is 4.25. The smallest absolute Gasteiger partial charge is 0.479 e. The molecule has 4 nitrogen and oxygen atoms in total. The van der Waals surface area contributed by atoms with Crippen molar-refractivity contribution in [2.75, 3.05) is 0 Å². The van der Waals surface area contributed by atoms with E-state index in [0.29, 0.717) is 0 Å². The Morgan fingerprint density at radius 2 is 2.38 bits per heavy atom. The molecule has 0 spiro atoms. The molecule has 1 N–H and O–H groups in total. The van der Waals surface area contributed by atoms with E-state index in [1.807, 2.05) is 0 Å². The van der Waals surface area contributed by atoms with Crippen LogP contribution in [0.2, 0.25) is 0 Å². The summed E-state index contributed by atoms with van der Waals surface area (Å²) in [7, 11) is -1.000. The lowest BCUT2D eigenvalue weighted by molar-refractivity contribution is -0.143. The molecule has 0 amide bonds. The van der Waals surface area contributed by atoms with Crippen molar-refractivity contribution >= 4 is 14.7 Å². The number of carbonyl (C=O) groups is 1. The molecule has 0 aliphatic carbocycles. The summed E-state index contributed by atoms with van der Waals surface area (Å²) in [5, 5.41) is 8.05. The molecule has 0 aromatic carbocycles. The summed E-state index contributed by atoms with van der Waals surface area (Å²) < 4.78 is 13.8. The van der Waals surface area contributed by atoms with Crippen LogP contribution in [-0.4, -0.2) is 17.2 Å². The second-order valence-electron chi connectivity index (χ2n) is 1.18. The van der Waals surface area contributed by atoms with Crippen molar-refractivity contribution in [3.63, 3.8) is 0 Å². The van der Waals surface area contributed by atoms with Crippen LogP contribution in [0.4, 0.5) is 0 Å². The molecule has 0 aliphatic rings. The fourth-order valence-corrected chi connectivity index (χ4v) is 0.368. The largest absolute Gasteiger partial charge is 0.495 e. The van der Waals surface area contributed by atoms with Gasteiger partial charge in [0.25, 0.3) is 0 Å². The molecular weight excluding hydrogens is 131 g/mol. The normalized spacial score (nSPS) is 13.6. The third-order valence-electron chi connectivity index (χ3n) is 0.573. The molecule has 0 heterocycles. The first-order valence-corrected chi connectivity index (χ1v) is 2.75. The lowest BCUT2D eigenvalue weighted by Crippen LogP contribution is -2.15. The Bertz CT molecular complexity index is 101. The number of hydrogen-bond acceptors (Lipinski definition) is 3. The number of rotatable bonds is 3. The summed E-state index contributed by atoms with van der Waals surface area (Å²) in [6.07, 6.45) is -0.967. The van der Waals surface area contributed by atoms with E-state index < -0.39 is 20.8 Å². The second kappa shape index (κ2) is 3.52. The van der Waals surface area contributed by atoms with Crippen LogP contribution in [0.1, 0.15) is 6.92 Å². The van der Waals surface area contributed by atoms with Gasteiger partial charge in [-0.25, -0.2) is 4.79 Å². The Kier molecular flexibility index (Phi) is 3.31. The van der Waals surface area contributed by atoms with Crippen LogP contribution in [0.5, 0.6) is 0 Å². The van der Waals surface area contributed by atoms with Gasteiger partial charge in [0, 0.05) is 0 Å². The van der Waals surface area contributed by atoms with Gasteiger partial charge >= 0.3 is 14.7 Å². The molecule has 0 aromatic rings. The molecule has 0 bridgehead atoms. The molecular formula is C3H6O4P+. The first-order chi connectivity index (χ1) is 3.68. The van der Waals surface area contributed by atoms with E-state index in [0.717, 1.165) is 0 Å². The van der Waals surface area contributed by atoms with Gasteiger partial charge in [-0.1, -0.05) is 0 Å². The van der Waals surface area contributed by atoms with Crippen molar-refractivity contribution < 1.29 is 19.0 Å². The highest BCUT2D eigenvalue weighted by Crippen LogP contribution is 2.00. The first kappa shape index (κ1) is 7.53. The van der Waals surface area contributed by atoms with Crippen LogP contribution in [-0.2, 0) is 13.9 Å². The number of aliphatic carboxylic acids is 1. The van der Waals surface area contributed by atoms with E-state index in [2.05, 4.69) is 4.52 Å². The maximum atomic E-state index is 9.83. The Balaban J connectivity index is 3.46. The highest BCUT2D eigenvalue weighted by Gasteiger charge is 2.14. The zero-order chi connectivity index (χ0) is 6.57. The Labute approximate surface area is 47.7 Å². The third-order valence-corrected chi connectivity index (χ3v) is 1.02. The van der Waals surface area contributed by atoms with Crippen LogP contribution in [0.3, 0.4) is 0 Å². The van der Waals surface area contributed by atoms with Gasteiger partial charge in [0.1, 0.15) is 0 Å². The van der Waals surface area contributed by atoms with Gasteiger partial charge in [-0.15, -0.1) is 4.52 Å². The lowest BCUT2D eigenvalue weighted by Gasteiger charge is -1.90. The number of carboxylic acid groups (broad SMARTS) is 1. The molecule has 0 saturated heterocycles. The molecule has 8 heavy (non-hydrogen) atoms. The van der Waals surface area contributed by atoms with Crippen molar-refractivity contribution in [1.82, 2.24) is 0 Å². The number of hydrogen-bond donors (Lipinski definition) is 1. The van der Waals surface area contributed by atoms with Gasteiger partial charge in [-0.3, -0.25) is 0 Å². The molecule has 0 aromatic heterocycles. The van der Waals surface area contributed by atoms with Crippen molar-refractivity contribution in [1.29, 1.82) is 0 Å². The highest BCUT2D eigenvalue weighted by atomic mass is 31.1. The van der Waals surface area contributed by atoms with E-state index in [1.54, 1.807) is 0 Å². The highest BCUT2D eigenvalue weighted by molar-refractivity contribution is 7.17. The van der Waals surface area contributed by atoms with Crippen LogP contribution in [0, 0.1) is 0 Å². The van der Waals surface area contributed by atoms with Gasteiger partial charge in [0.05, 0.1) is 0 Å². The van der Waals surface area contributed by atoms with E-state index in [9.17, 15) is 9.36 Å². The lowest BCUT2D eigenvalue weighted by atomic mass is 10.4. The third kappa shape index (κ3) is 2.66. The summed E-state index contributed by atoms with van der Waals surface area (Å²) in [5.74, 6) is -1.10. The van der Waals surface area contributed by atoms with Crippen molar-refractivity contribution in [3.05, 3.63) is 0 Å². The molecule has 5 heteroatoms. The van der Waals surface area contributed by atoms with E-state index >= 15 is 0 Å². The molecule has 2 atom stereocenters. The Morgan fingerprint density at radius 3 is 2.50 bits per heavy atom. The minimum atomic E-state index is -1.10. The minimum Gasteiger partial charge on any atom is -0.479 e. The summed E-state index contributed by atoms with van der Waals surface area (Å²) >= 11 is 0. The molecule has 0 fully saturated rings. The minimum absolute atomic E-state index is 0.967. The van der Waals surface area contributed by atoms with Crippen LogP contribution in [0.15, 0.2) is 0 Å². The SMILES string of the molecule is CC(O[PH+]=O)C(=O)O. The predicted octanol–water partition coefficient (Wildman–Crippen LogP) is 0.415. The summed E-state index contributed by atoms with van der Waals surface area (Å²) in [5.41, 5.74) is 0. The second-order valence-corrected chi connectivity index (χ2v) is 1.58. The van der Waals surface area contributed by atoms with Crippen molar-refractivity contribution in [2.45, 2.75) is 13.0 Å². The average molecular weight is 137 g/mol. The van der Waals surface area contributed by atoms with Crippen LogP contribution >= 0.6 is 8.69 Å². The van der Waals surface area contributed by atoms with E-state index in [1.165, 1.54) is 6.92 Å². The molecule has 46 valence electrons. The van der Waals surface area contributed by atoms with E-state index in [4.69, 9.17) is 5.11 Å². The number of carboxylic acids is 1. The van der Waals surface area contributed by atoms with Gasteiger partial charge < -0.3 is 5.11 Å². The van der Waals surface area contributed by atoms with E-state index in [-0.39, 0.29) is 0 Å². The van der Waals surface area contributed by atoms with Crippen LogP contribution in [0.25, 0.3) is 0 Å². The fraction of sp³-hybridized carbons (Fsp3) is 0.667. The standard InChI is InChI=1S/C3H5O4P/c1-2(3(4)5)7-8-6/h2,8H,1H3/p+1. The fourth-order valence-electron chi connectivity index (χ4n) is 0.123. The summed E-state index contributed by atoms with van der Waals surface area (Å²) in [4.78, 5) is 9.83. The molecule has 0 saturated carbocycles. The predicted molar refractivity (Wildman–Crippen MR) is 27.2 cm³/mol. The first-order valence-electron chi connectivity index (χ1n) is 1.94. The quantitative estimate of drug-likeness (QED) is 0.572. The molecule has 2 unspecified atom stereocenters. The van der Waals surface area contributed by atoms with Crippen molar-refractivity contribution in [3.8, 4) is 0 Å².